The van der Waals surface area contributed by atoms with Gasteiger partial charge in [-0.05, 0) is 54.4 Å². The van der Waals surface area contributed by atoms with Crippen LogP contribution in [0, 0.1) is 6.92 Å². The number of hydrogen-bond donors (Lipinski definition) is 0. The van der Waals surface area contributed by atoms with Gasteiger partial charge in [-0.15, -0.1) is 0 Å². The topological polar surface area (TPSA) is 17.0 Å². The third kappa shape index (κ3) is 3.23. The number of furan rings is 1. The van der Waals surface area contributed by atoms with Crippen molar-refractivity contribution in [2.75, 3.05) is 0 Å². The normalized spacial score (nSPS) is 15.5. The van der Waals surface area contributed by atoms with E-state index in [0.717, 1.165) is 11.2 Å². The van der Waals surface area contributed by atoms with E-state index in [9.17, 15) is 0 Å². The quantitative estimate of drug-likeness (QED) is 0.325. The van der Waals surface area contributed by atoms with Gasteiger partial charge < -0.3 is 4.42 Å². The van der Waals surface area contributed by atoms with Crippen LogP contribution >= 0.6 is 0 Å². The number of benzene rings is 2. The van der Waals surface area contributed by atoms with Gasteiger partial charge in [0.25, 0.3) is 0 Å². The monoisotopic (exact) mass is 398 g/mol. The Hall–Kier alpha value is -2.61. The summed E-state index contributed by atoms with van der Waals surface area (Å²) in [5.41, 5.74) is 8.57. The molecule has 0 amide bonds. The molecule has 0 N–H and O–H groups in total. The molecule has 0 bridgehead atoms. The number of pyridine rings is 1. The van der Waals surface area contributed by atoms with E-state index in [1.54, 1.807) is 0 Å². The summed E-state index contributed by atoms with van der Waals surface area (Å²) in [5, 5.41) is 2.42. The predicted molar refractivity (Wildman–Crippen MR) is 125 cm³/mol. The summed E-state index contributed by atoms with van der Waals surface area (Å²) in [6.07, 6.45) is 8.98. The number of rotatable bonds is 3. The fourth-order valence-corrected chi connectivity index (χ4v) is 5.16. The van der Waals surface area contributed by atoms with Gasteiger partial charge in [0.1, 0.15) is 18.2 Å². The first-order valence-electron chi connectivity index (χ1n) is 11.5. The Labute approximate surface area is 179 Å². The number of nitrogens with zero attached hydrogens (tertiary/aromatic N) is 1. The molecule has 2 heterocycles. The van der Waals surface area contributed by atoms with E-state index >= 15 is 0 Å². The van der Waals surface area contributed by atoms with Crippen molar-refractivity contribution in [3.05, 3.63) is 65.4 Å². The number of fused-ring (bicyclic) bond motifs is 3. The molecule has 0 radical (unpaired) electrons. The molecular weight excluding hydrogens is 366 g/mol. The fourth-order valence-electron chi connectivity index (χ4n) is 5.16. The smallest absolute Gasteiger partial charge is 0.216 e. The maximum Gasteiger partial charge on any atom is 0.216 e. The summed E-state index contributed by atoms with van der Waals surface area (Å²) >= 11 is 0. The van der Waals surface area contributed by atoms with Gasteiger partial charge in [-0.2, -0.15) is 0 Å². The van der Waals surface area contributed by atoms with E-state index in [4.69, 9.17) is 4.42 Å². The number of hydrogen-bond acceptors (Lipinski definition) is 1. The highest BCUT2D eigenvalue weighted by Crippen LogP contribution is 2.39. The molecule has 1 aliphatic carbocycles. The van der Waals surface area contributed by atoms with Crippen LogP contribution in [0.1, 0.15) is 74.5 Å². The van der Waals surface area contributed by atoms with Crippen LogP contribution < -0.4 is 4.57 Å². The zero-order valence-corrected chi connectivity index (χ0v) is 18.7. The van der Waals surface area contributed by atoms with Crippen molar-refractivity contribution in [3.63, 3.8) is 0 Å². The van der Waals surface area contributed by atoms with Crippen LogP contribution in [0.3, 0.4) is 0 Å². The maximum absolute atomic E-state index is 6.54. The lowest BCUT2D eigenvalue weighted by molar-refractivity contribution is -0.660. The molecule has 0 spiro atoms. The second kappa shape index (κ2) is 7.58. The molecule has 2 aromatic carbocycles. The second-order valence-electron chi connectivity index (χ2n) is 9.44. The Balaban J connectivity index is 1.72. The molecule has 1 aliphatic rings. The lowest BCUT2D eigenvalue weighted by Gasteiger charge is -2.21. The molecule has 5 rings (SSSR count). The van der Waals surface area contributed by atoms with Crippen LogP contribution in [0.4, 0.5) is 0 Å². The van der Waals surface area contributed by atoms with E-state index in [0.29, 0.717) is 11.8 Å². The molecular formula is C28H32NO+. The van der Waals surface area contributed by atoms with Crippen molar-refractivity contribution >= 4 is 21.9 Å². The Morgan fingerprint density at radius 1 is 0.933 bits per heavy atom. The fraction of sp³-hybridized carbons (Fsp3) is 0.393. The zero-order valence-electron chi connectivity index (χ0n) is 18.7. The van der Waals surface area contributed by atoms with Crippen molar-refractivity contribution in [1.82, 2.24) is 0 Å². The highest BCUT2D eigenvalue weighted by Gasteiger charge is 2.24. The van der Waals surface area contributed by atoms with Crippen LogP contribution in [-0.4, -0.2) is 0 Å². The molecule has 154 valence electrons. The zero-order chi connectivity index (χ0) is 20.8. The van der Waals surface area contributed by atoms with E-state index in [2.05, 4.69) is 81.0 Å². The lowest BCUT2D eigenvalue weighted by atomic mass is 9.84. The van der Waals surface area contributed by atoms with Crippen molar-refractivity contribution < 1.29 is 8.98 Å². The van der Waals surface area contributed by atoms with E-state index < -0.39 is 0 Å². The second-order valence-corrected chi connectivity index (χ2v) is 9.44. The first kappa shape index (κ1) is 19.4. The largest absolute Gasteiger partial charge is 0.455 e. The van der Waals surface area contributed by atoms with Gasteiger partial charge in [-0.3, -0.25) is 0 Å². The van der Waals surface area contributed by atoms with E-state index in [-0.39, 0.29) is 0 Å². The molecule has 1 fully saturated rings. The summed E-state index contributed by atoms with van der Waals surface area (Å²) in [6, 6.07) is 15.9. The summed E-state index contributed by atoms with van der Waals surface area (Å²) in [4.78, 5) is 0. The average Bonchev–Trinajstić information content (AvgIpc) is 3.12. The summed E-state index contributed by atoms with van der Waals surface area (Å²) in [6.45, 7) is 6.67. The van der Waals surface area contributed by atoms with Gasteiger partial charge in [0.2, 0.25) is 5.69 Å². The average molecular weight is 399 g/mol. The molecule has 0 aliphatic heterocycles. The minimum Gasteiger partial charge on any atom is -0.455 e. The van der Waals surface area contributed by atoms with Crippen molar-refractivity contribution in [2.45, 2.75) is 64.7 Å². The van der Waals surface area contributed by atoms with E-state index in [1.165, 1.54) is 70.8 Å². The summed E-state index contributed by atoms with van der Waals surface area (Å²) in [5.74, 6) is 1.19. The SMILES string of the molecule is Cc1ccc2c(oc3cc(C(C)C)ccc32)c1-c1cc(C2CCCCC2)cc[n+]1C. The van der Waals surface area contributed by atoms with Crippen LogP contribution in [0.2, 0.25) is 0 Å². The highest BCUT2D eigenvalue weighted by atomic mass is 16.3. The molecule has 0 unspecified atom stereocenters. The molecule has 4 aromatic rings. The first-order chi connectivity index (χ1) is 14.5. The molecule has 0 atom stereocenters. The first-order valence-corrected chi connectivity index (χ1v) is 11.5. The highest BCUT2D eigenvalue weighted by molar-refractivity contribution is 6.09. The Kier molecular flexibility index (Phi) is 4.89. The molecule has 1 saturated carbocycles. The minimum atomic E-state index is 0.494. The minimum absolute atomic E-state index is 0.494. The van der Waals surface area contributed by atoms with Crippen LogP contribution in [-0.2, 0) is 7.05 Å². The number of aryl methyl sites for hydroxylation is 2. The van der Waals surface area contributed by atoms with E-state index in [1.807, 2.05) is 0 Å². The van der Waals surface area contributed by atoms with Gasteiger partial charge in [-0.25, -0.2) is 4.57 Å². The van der Waals surface area contributed by atoms with Gasteiger partial charge in [-0.1, -0.05) is 57.4 Å². The third-order valence-corrected chi connectivity index (χ3v) is 7.05. The molecule has 2 aromatic heterocycles. The Morgan fingerprint density at radius 2 is 1.70 bits per heavy atom. The molecule has 0 saturated heterocycles. The van der Waals surface area contributed by atoms with Gasteiger partial charge >= 0.3 is 0 Å². The van der Waals surface area contributed by atoms with Crippen molar-refractivity contribution in [3.8, 4) is 11.3 Å². The van der Waals surface area contributed by atoms with Crippen LogP contribution in [0.25, 0.3) is 33.2 Å². The van der Waals surface area contributed by atoms with Gasteiger partial charge in [0.05, 0.1) is 5.56 Å². The van der Waals surface area contributed by atoms with Gasteiger partial charge in [0.15, 0.2) is 6.20 Å². The molecule has 2 nitrogen and oxygen atoms in total. The Bertz CT molecular complexity index is 1220. The molecule has 30 heavy (non-hydrogen) atoms. The van der Waals surface area contributed by atoms with Crippen molar-refractivity contribution in [1.29, 1.82) is 0 Å². The standard InChI is InChI=1S/C28H32NO/c1-18(2)21-11-13-23-24-12-10-19(3)27(28(24)30-26(23)17-21)25-16-22(14-15-29(25)4)20-8-6-5-7-9-20/h10-18,20H,5-9H2,1-4H3/q+1. The summed E-state index contributed by atoms with van der Waals surface area (Å²) < 4.78 is 8.79. The van der Waals surface area contributed by atoms with Crippen LogP contribution in [0.5, 0.6) is 0 Å². The van der Waals surface area contributed by atoms with Gasteiger partial charge in [0, 0.05) is 22.9 Å². The van der Waals surface area contributed by atoms with Crippen LogP contribution in [0.15, 0.2) is 53.1 Å². The molecule has 2 heteroatoms. The Morgan fingerprint density at radius 3 is 2.47 bits per heavy atom. The maximum atomic E-state index is 6.54. The van der Waals surface area contributed by atoms with Crippen molar-refractivity contribution in [2.24, 2.45) is 7.05 Å². The third-order valence-electron chi connectivity index (χ3n) is 7.05. The lowest BCUT2D eigenvalue weighted by Crippen LogP contribution is -2.31. The summed E-state index contributed by atoms with van der Waals surface area (Å²) in [7, 11) is 2.15. The predicted octanol–water partition coefficient (Wildman–Crippen LogP) is 7.56. The number of aromatic nitrogens is 1.